The number of halogens is 4. The van der Waals surface area contributed by atoms with Crippen LogP contribution in [-0.4, -0.2) is 11.2 Å². The maximum Gasteiger partial charge on any atom is 0.419 e. The fourth-order valence-corrected chi connectivity index (χ4v) is 2.28. The second-order valence-corrected chi connectivity index (χ2v) is 4.91. The third kappa shape index (κ3) is 2.74. The van der Waals surface area contributed by atoms with Crippen molar-refractivity contribution in [2.24, 2.45) is 11.7 Å². The first kappa shape index (κ1) is 14.3. The van der Waals surface area contributed by atoms with Crippen LogP contribution >= 0.6 is 0 Å². The maximum atomic E-state index is 13.9. The molecule has 1 aromatic rings. The van der Waals surface area contributed by atoms with E-state index in [1.807, 2.05) is 0 Å². The molecule has 0 spiro atoms. The van der Waals surface area contributed by atoms with E-state index in [0.717, 1.165) is 25.3 Å². The van der Waals surface area contributed by atoms with Crippen LogP contribution in [0.3, 0.4) is 0 Å². The molecular formula is C13H15F4NO. The van der Waals surface area contributed by atoms with Crippen LogP contribution in [0.1, 0.15) is 36.4 Å². The number of hydrogen-bond donors (Lipinski definition) is 2. The van der Waals surface area contributed by atoms with Gasteiger partial charge in [0, 0.05) is 5.56 Å². The lowest BCUT2D eigenvalue weighted by Crippen LogP contribution is -2.37. The molecule has 1 aromatic carbocycles. The maximum absolute atomic E-state index is 13.9. The zero-order chi connectivity index (χ0) is 14.2. The Morgan fingerprint density at radius 3 is 2.37 bits per heavy atom. The second-order valence-electron chi connectivity index (χ2n) is 4.91. The van der Waals surface area contributed by atoms with E-state index in [4.69, 9.17) is 5.73 Å². The summed E-state index contributed by atoms with van der Waals surface area (Å²) in [4.78, 5) is 0. The van der Waals surface area contributed by atoms with Gasteiger partial charge in [-0.25, -0.2) is 4.39 Å². The molecule has 19 heavy (non-hydrogen) atoms. The molecule has 106 valence electrons. The first-order valence-electron chi connectivity index (χ1n) is 6.11. The molecule has 1 saturated carbocycles. The van der Waals surface area contributed by atoms with Crippen molar-refractivity contribution in [3.05, 3.63) is 35.1 Å². The smallest absolute Gasteiger partial charge is 0.391 e. The van der Waals surface area contributed by atoms with Crippen molar-refractivity contribution >= 4 is 0 Å². The Morgan fingerprint density at radius 1 is 1.26 bits per heavy atom. The van der Waals surface area contributed by atoms with Gasteiger partial charge in [-0.1, -0.05) is 18.6 Å². The van der Waals surface area contributed by atoms with Gasteiger partial charge in [-0.3, -0.25) is 0 Å². The van der Waals surface area contributed by atoms with E-state index in [1.54, 1.807) is 0 Å². The second kappa shape index (κ2) is 5.09. The average molecular weight is 277 g/mol. The molecule has 0 heterocycles. The highest BCUT2D eigenvalue weighted by Gasteiger charge is 2.37. The molecule has 2 nitrogen and oxygen atoms in total. The van der Waals surface area contributed by atoms with Gasteiger partial charge in [0.1, 0.15) is 5.82 Å². The van der Waals surface area contributed by atoms with Crippen molar-refractivity contribution in [2.75, 3.05) is 0 Å². The quantitative estimate of drug-likeness (QED) is 0.834. The van der Waals surface area contributed by atoms with Crippen LogP contribution in [0.25, 0.3) is 0 Å². The van der Waals surface area contributed by atoms with Gasteiger partial charge in [-0.15, -0.1) is 0 Å². The molecule has 0 radical (unpaired) electrons. The molecular weight excluding hydrogens is 262 g/mol. The van der Waals surface area contributed by atoms with Gasteiger partial charge in [0.15, 0.2) is 0 Å². The normalized spacial score (nSPS) is 19.9. The summed E-state index contributed by atoms with van der Waals surface area (Å²) in [6.45, 7) is 0. The summed E-state index contributed by atoms with van der Waals surface area (Å²) < 4.78 is 51.6. The zero-order valence-corrected chi connectivity index (χ0v) is 10.1. The number of hydrogen-bond acceptors (Lipinski definition) is 2. The predicted molar refractivity (Wildman–Crippen MR) is 61.7 cm³/mol. The Labute approximate surface area is 108 Å². The molecule has 2 atom stereocenters. The van der Waals surface area contributed by atoms with E-state index < -0.39 is 29.7 Å². The van der Waals surface area contributed by atoms with Crippen LogP contribution in [0.2, 0.25) is 0 Å². The fourth-order valence-electron chi connectivity index (χ4n) is 2.28. The Kier molecular flexibility index (Phi) is 3.82. The van der Waals surface area contributed by atoms with Crippen molar-refractivity contribution < 1.29 is 22.7 Å². The number of rotatable bonds is 3. The number of benzene rings is 1. The van der Waals surface area contributed by atoms with E-state index in [0.29, 0.717) is 6.07 Å². The van der Waals surface area contributed by atoms with Crippen molar-refractivity contribution in [1.29, 1.82) is 0 Å². The molecule has 6 heteroatoms. The minimum absolute atomic E-state index is 0.0519. The van der Waals surface area contributed by atoms with Crippen molar-refractivity contribution in [3.63, 3.8) is 0 Å². The van der Waals surface area contributed by atoms with Crippen molar-refractivity contribution in [2.45, 2.75) is 37.6 Å². The average Bonchev–Trinajstić information content (AvgIpc) is 2.24. The Bertz CT molecular complexity index is 456. The molecule has 1 aliphatic carbocycles. The van der Waals surface area contributed by atoms with Gasteiger partial charge in [0.05, 0.1) is 17.7 Å². The van der Waals surface area contributed by atoms with Gasteiger partial charge in [-0.05, 0) is 24.8 Å². The Morgan fingerprint density at radius 2 is 1.89 bits per heavy atom. The molecule has 0 unspecified atom stereocenters. The summed E-state index contributed by atoms with van der Waals surface area (Å²) >= 11 is 0. The summed E-state index contributed by atoms with van der Waals surface area (Å²) in [5.74, 6) is -1.44. The monoisotopic (exact) mass is 277 g/mol. The molecule has 3 N–H and O–H groups in total. The van der Waals surface area contributed by atoms with Crippen LogP contribution in [0.4, 0.5) is 17.6 Å². The SMILES string of the molecule is N[C@H](c1cccc(C(F)(F)F)c1F)[C@@H](O)C1CCC1. The van der Waals surface area contributed by atoms with Crippen LogP contribution in [-0.2, 0) is 6.18 Å². The van der Waals surface area contributed by atoms with Crippen molar-refractivity contribution in [1.82, 2.24) is 0 Å². The van der Waals surface area contributed by atoms with E-state index in [2.05, 4.69) is 0 Å². The largest absolute Gasteiger partial charge is 0.419 e. The van der Waals surface area contributed by atoms with E-state index in [1.165, 1.54) is 6.07 Å². The fraction of sp³-hybridized carbons (Fsp3) is 0.538. The lowest BCUT2D eigenvalue weighted by Gasteiger charge is -2.34. The number of aliphatic hydroxyl groups excluding tert-OH is 1. The van der Waals surface area contributed by atoms with Crippen molar-refractivity contribution in [3.8, 4) is 0 Å². The molecule has 0 aromatic heterocycles. The van der Waals surface area contributed by atoms with E-state index in [9.17, 15) is 22.7 Å². The van der Waals surface area contributed by atoms with Crippen LogP contribution in [0.15, 0.2) is 18.2 Å². The van der Waals surface area contributed by atoms with Gasteiger partial charge in [0.2, 0.25) is 0 Å². The predicted octanol–water partition coefficient (Wildman–Crippen LogP) is 3.01. The van der Waals surface area contributed by atoms with Gasteiger partial charge in [0.25, 0.3) is 0 Å². The summed E-state index contributed by atoms with van der Waals surface area (Å²) in [6.07, 6.45) is -3.27. The minimum Gasteiger partial charge on any atom is -0.391 e. The van der Waals surface area contributed by atoms with Gasteiger partial charge < -0.3 is 10.8 Å². The topological polar surface area (TPSA) is 46.2 Å². The lowest BCUT2D eigenvalue weighted by molar-refractivity contribution is -0.140. The highest BCUT2D eigenvalue weighted by molar-refractivity contribution is 5.31. The molecule has 0 aliphatic heterocycles. The van der Waals surface area contributed by atoms with E-state index in [-0.39, 0.29) is 11.5 Å². The molecule has 2 rings (SSSR count). The highest BCUT2D eigenvalue weighted by Crippen LogP contribution is 2.37. The van der Waals surface area contributed by atoms with Crippen LogP contribution in [0.5, 0.6) is 0 Å². The van der Waals surface area contributed by atoms with Crippen LogP contribution in [0, 0.1) is 11.7 Å². The number of nitrogens with two attached hydrogens (primary N) is 1. The minimum atomic E-state index is -4.76. The molecule has 0 amide bonds. The lowest BCUT2D eigenvalue weighted by atomic mass is 9.77. The third-order valence-corrected chi connectivity index (χ3v) is 3.69. The standard InChI is InChI=1S/C13H15F4NO/c14-10-8(5-2-6-9(10)13(15,16)17)11(18)12(19)7-3-1-4-7/h2,5-7,11-12,19H,1,3-4,18H2/t11-,12+/m1/s1. The molecule has 1 aliphatic rings. The Balaban J connectivity index is 2.29. The number of alkyl halides is 3. The van der Waals surface area contributed by atoms with Gasteiger partial charge >= 0.3 is 6.18 Å². The zero-order valence-electron chi connectivity index (χ0n) is 10.1. The summed E-state index contributed by atoms with van der Waals surface area (Å²) in [7, 11) is 0. The first-order chi connectivity index (χ1) is 8.82. The summed E-state index contributed by atoms with van der Waals surface area (Å²) in [5.41, 5.74) is 4.08. The van der Waals surface area contributed by atoms with Gasteiger partial charge in [-0.2, -0.15) is 13.2 Å². The number of aliphatic hydroxyl groups is 1. The summed E-state index contributed by atoms with van der Waals surface area (Å²) in [5, 5.41) is 9.94. The molecule has 0 bridgehead atoms. The first-order valence-corrected chi connectivity index (χ1v) is 6.11. The van der Waals surface area contributed by atoms with Crippen LogP contribution < -0.4 is 5.73 Å². The summed E-state index contributed by atoms with van der Waals surface area (Å²) in [6, 6.07) is 1.83. The third-order valence-electron chi connectivity index (χ3n) is 3.69. The Hall–Kier alpha value is -1.14. The molecule has 1 fully saturated rings. The van der Waals surface area contributed by atoms with E-state index >= 15 is 0 Å². The highest BCUT2D eigenvalue weighted by atomic mass is 19.4. The molecule has 0 saturated heterocycles.